The molecule has 0 saturated heterocycles. The highest BCUT2D eigenvalue weighted by molar-refractivity contribution is 7.09. The van der Waals surface area contributed by atoms with E-state index in [2.05, 4.69) is 21.9 Å². The maximum Gasteiger partial charge on any atom is 0.258 e. The van der Waals surface area contributed by atoms with Crippen LogP contribution in [0.5, 0.6) is 0 Å². The summed E-state index contributed by atoms with van der Waals surface area (Å²) in [6.07, 6.45) is 2.75. The van der Waals surface area contributed by atoms with E-state index in [0.717, 1.165) is 36.1 Å². The summed E-state index contributed by atoms with van der Waals surface area (Å²) in [6.45, 7) is 2.13. The molecule has 2 N–H and O–H groups in total. The van der Waals surface area contributed by atoms with Gasteiger partial charge in [-0.2, -0.15) is 0 Å². The number of thiophene rings is 1. The maximum absolute atomic E-state index is 12.2. The fraction of sp³-hybridized carbons (Fsp3) is 0.316. The number of nitrogens with zero attached hydrogens (tertiary/aromatic N) is 2. The van der Waals surface area contributed by atoms with Crippen LogP contribution in [0.4, 0.5) is 0 Å². The fourth-order valence-corrected chi connectivity index (χ4v) is 3.59. The number of benzene rings is 1. The molecule has 0 aliphatic rings. The standard InChI is InChI=1S/C19H22N4O2S/c1-2-17-20-15-9-3-4-10-16(15)23(17)13-19(25)22-21-18(24)11-5-7-14-8-6-12-26-14/h3-4,6,8-10,12H,2,5,7,11,13H2,1H3,(H,21,24)(H,22,25). The summed E-state index contributed by atoms with van der Waals surface area (Å²) in [4.78, 5) is 29.9. The summed E-state index contributed by atoms with van der Waals surface area (Å²) in [5.74, 6) is 0.402. The number of fused-ring (bicyclic) bond motifs is 1. The van der Waals surface area contributed by atoms with E-state index in [1.165, 1.54) is 4.88 Å². The van der Waals surface area contributed by atoms with Crippen molar-refractivity contribution in [3.05, 3.63) is 52.5 Å². The Bertz CT molecular complexity index is 886. The van der Waals surface area contributed by atoms with Gasteiger partial charge in [0.2, 0.25) is 5.91 Å². The first-order valence-corrected chi connectivity index (χ1v) is 9.59. The highest BCUT2D eigenvalue weighted by Crippen LogP contribution is 2.16. The van der Waals surface area contributed by atoms with Gasteiger partial charge in [0.1, 0.15) is 12.4 Å². The first-order valence-electron chi connectivity index (χ1n) is 8.71. The van der Waals surface area contributed by atoms with Crippen LogP contribution in [0.3, 0.4) is 0 Å². The number of amides is 2. The van der Waals surface area contributed by atoms with Gasteiger partial charge >= 0.3 is 0 Å². The lowest BCUT2D eigenvalue weighted by atomic mass is 10.2. The number of carbonyl (C=O) groups is 2. The Morgan fingerprint density at radius 2 is 1.92 bits per heavy atom. The fourth-order valence-electron chi connectivity index (χ4n) is 2.83. The summed E-state index contributed by atoms with van der Waals surface area (Å²) in [7, 11) is 0. The molecule has 0 fully saturated rings. The highest BCUT2D eigenvalue weighted by Gasteiger charge is 2.12. The molecule has 0 aliphatic carbocycles. The topological polar surface area (TPSA) is 76.0 Å². The van der Waals surface area contributed by atoms with E-state index >= 15 is 0 Å². The Hall–Kier alpha value is -2.67. The van der Waals surface area contributed by atoms with Crippen molar-refractivity contribution >= 4 is 34.2 Å². The molecule has 6 nitrogen and oxygen atoms in total. The number of rotatable bonds is 7. The van der Waals surface area contributed by atoms with Gasteiger partial charge in [-0.15, -0.1) is 11.3 Å². The lowest BCUT2D eigenvalue weighted by Crippen LogP contribution is -2.43. The molecule has 0 saturated carbocycles. The van der Waals surface area contributed by atoms with E-state index in [4.69, 9.17) is 0 Å². The molecular weight excluding hydrogens is 348 g/mol. The largest absolute Gasteiger partial charge is 0.318 e. The Labute approximate surface area is 156 Å². The zero-order valence-electron chi connectivity index (χ0n) is 14.7. The van der Waals surface area contributed by atoms with Crippen molar-refractivity contribution in [3.8, 4) is 0 Å². The summed E-state index contributed by atoms with van der Waals surface area (Å²) in [5.41, 5.74) is 6.78. The molecular formula is C19H22N4O2S. The summed E-state index contributed by atoms with van der Waals surface area (Å²) in [5, 5.41) is 2.03. The van der Waals surface area contributed by atoms with Gasteiger partial charge in [0, 0.05) is 17.7 Å². The SMILES string of the molecule is CCc1nc2ccccc2n1CC(=O)NNC(=O)CCCc1cccs1. The molecule has 0 spiro atoms. The number of hydrogen-bond donors (Lipinski definition) is 2. The molecule has 0 aliphatic heterocycles. The molecule has 0 atom stereocenters. The normalized spacial score (nSPS) is 10.8. The predicted molar refractivity (Wildman–Crippen MR) is 103 cm³/mol. The third-order valence-electron chi connectivity index (χ3n) is 4.10. The Morgan fingerprint density at radius 3 is 2.69 bits per heavy atom. The molecule has 3 rings (SSSR count). The second kappa shape index (κ2) is 8.62. The van der Waals surface area contributed by atoms with E-state index in [0.29, 0.717) is 6.42 Å². The minimum atomic E-state index is -0.269. The van der Waals surface area contributed by atoms with Gasteiger partial charge < -0.3 is 4.57 Å². The van der Waals surface area contributed by atoms with Crippen molar-refractivity contribution in [1.29, 1.82) is 0 Å². The molecule has 0 radical (unpaired) electrons. The lowest BCUT2D eigenvalue weighted by Gasteiger charge is -2.10. The van der Waals surface area contributed by atoms with E-state index in [-0.39, 0.29) is 18.4 Å². The number of aromatic nitrogens is 2. The van der Waals surface area contributed by atoms with Gasteiger partial charge in [-0.1, -0.05) is 25.1 Å². The van der Waals surface area contributed by atoms with Gasteiger partial charge in [0.15, 0.2) is 0 Å². The van der Waals surface area contributed by atoms with Gasteiger partial charge in [-0.3, -0.25) is 20.4 Å². The average Bonchev–Trinajstić information content (AvgIpc) is 3.28. The number of para-hydroxylation sites is 2. The number of aryl methyl sites for hydroxylation is 2. The van der Waals surface area contributed by atoms with Crippen molar-refractivity contribution < 1.29 is 9.59 Å². The molecule has 2 aromatic heterocycles. The summed E-state index contributed by atoms with van der Waals surface area (Å²) >= 11 is 1.69. The number of hydrogen-bond acceptors (Lipinski definition) is 4. The minimum absolute atomic E-state index is 0.124. The molecule has 1 aromatic carbocycles. The molecule has 26 heavy (non-hydrogen) atoms. The first kappa shape index (κ1) is 18.1. The smallest absolute Gasteiger partial charge is 0.258 e. The highest BCUT2D eigenvalue weighted by atomic mass is 32.1. The number of hydrazine groups is 1. The first-order chi connectivity index (χ1) is 12.7. The predicted octanol–water partition coefficient (Wildman–Crippen LogP) is 2.83. The average molecular weight is 370 g/mol. The third-order valence-corrected chi connectivity index (χ3v) is 5.04. The van der Waals surface area contributed by atoms with Crippen LogP contribution in [0.15, 0.2) is 41.8 Å². The van der Waals surface area contributed by atoms with Gasteiger partial charge in [0.05, 0.1) is 11.0 Å². The van der Waals surface area contributed by atoms with Crippen LogP contribution >= 0.6 is 11.3 Å². The van der Waals surface area contributed by atoms with Crippen LogP contribution in [-0.4, -0.2) is 21.4 Å². The molecule has 0 bridgehead atoms. The second-order valence-corrected chi connectivity index (χ2v) is 7.02. The number of imidazole rings is 1. The molecule has 3 aromatic rings. The van der Waals surface area contributed by atoms with Crippen LogP contribution in [-0.2, 0) is 29.0 Å². The van der Waals surface area contributed by atoms with E-state index < -0.39 is 0 Å². The van der Waals surface area contributed by atoms with E-state index in [1.54, 1.807) is 11.3 Å². The minimum Gasteiger partial charge on any atom is -0.318 e. The second-order valence-electron chi connectivity index (χ2n) is 5.99. The summed E-state index contributed by atoms with van der Waals surface area (Å²) < 4.78 is 1.88. The number of nitrogens with one attached hydrogen (secondary N) is 2. The van der Waals surface area contributed by atoms with Gasteiger partial charge in [0.25, 0.3) is 5.91 Å². The quantitative estimate of drug-likeness (QED) is 0.628. The summed E-state index contributed by atoms with van der Waals surface area (Å²) in [6, 6.07) is 11.8. The van der Waals surface area contributed by atoms with Gasteiger partial charge in [-0.25, -0.2) is 4.98 Å². The maximum atomic E-state index is 12.2. The Balaban J connectivity index is 1.49. The Kier molecular flexibility index (Phi) is 6.01. The van der Waals surface area contributed by atoms with E-state index in [9.17, 15) is 9.59 Å². The van der Waals surface area contributed by atoms with E-state index in [1.807, 2.05) is 47.2 Å². The molecule has 0 unspecified atom stereocenters. The molecule has 7 heteroatoms. The van der Waals surface area contributed by atoms with Crippen molar-refractivity contribution in [2.24, 2.45) is 0 Å². The van der Waals surface area contributed by atoms with Crippen molar-refractivity contribution in [1.82, 2.24) is 20.4 Å². The van der Waals surface area contributed by atoms with Crippen LogP contribution in [0, 0.1) is 0 Å². The van der Waals surface area contributed by atoms with Crippen molar-refractivity contribution in [3.63, 3.8) is 0 Å². The van der Waals surface area contributed by atoms with Crippen LogP contribution in [0.2, 0.25) is 0 Å². The lowest BCUT2D eigenvalue weighted by molar-refractivity contribution is -0.129. The van der Waals surface area contributed by atoms with Gasteiger partial charge in [-0.05, 0) is 36.4 Å². The molecule has 136 valence electrons. The molecule has 2 heterocycles. The zero-order valence-corrected chi connectivity index (χ0v) is 15.5. The molecule has 2 amide bonds. The zero-order chi connectivity index (χ0) is 18.4. The van der Waals surface area contributed by atoms with Crippen LogP contribution < -0.4 is 10.9 Å². The van der Waals surface area contributed by atoms with Crippen molar-refractivity contribution in [2.75, 3.05) is 0 Å². The number of carbonyl (C=O) groups excluding carboxylic acids is 2. The monoisotopic (exact) mass is 370 g/mol. The van der Waals surface area contributed by atoms with Crippen LogP contribution in [0.1, 0.15) is 30.5 Å². The van der Waals surface area contributed by atoms with Crippen molar-refractivity contribution in [2.45, 2.75) is 39.2 Å². The van der Waals surface area contributed by atoms with Crippen LogP contribution in [0.25, 0.3) is 11.0 Å². The third kappa shape index (κ3) is 4.49. The Morgan fingerprint density at radius 1 is 1.12 bits per heavy atom.